The fraction of sp³-hybridized carbons (Fsp3) is 0.143. The first-order valence-corrected chi connectivity index (χ1v) is 6.21. The van der Waals surface area contributed by atoms with Crippen LogP contribution in [0.3, 0.4) is 0 Å². The molecule has 7 nitrogen and oxygen atoms in total. The topological polar surface area (TPSA) is 102 Å². The molecular formula is C7H8O7P2+2. The van der Waals surface area contributed by atoms with Gasteiger partial charge in [-0.05, 0) is 21.2 Å². The summed E-state index contributed by atoms with van der Waals surface area (Å²) in [5.41, 5.74) is 0. The SMILES string of the molecule is O=[P+](O)OC(Oc1ccccc1)O[P+](=O)O. The molecule has 86 valence electrons. The lowest BCUT2D eigenvalue weighted by molar-refractivity contribution is -0.141. The zero-order chi connectivity index (χ0) is 12.0. The van der Waals surface area contributed by atoms with Gasteiger partial charge in [0.05, 0.1) is 0 Å². The molecule has 0 bridgehead atoms. The van der Waals surface area contributed by atoms with E-state index < -0.39 is 23.0 Å². The van der Waals surface area contributed by atoms with Crippen molar-refractivity contribution in [1.82, 2.24) is 0 Å². The Morgan fingerprint density at radius 2 is 1.50 bits per heavy atom. The second-order valence-corrected chi connectivity index (χ2v) is 3.78. The van der Waals surface area contributed by atoms with Crippen molar-refractivity contribution in [3.05, 3.63) is 30.3 Å². The van der Waals surface area contributed by atoms with Gasteiger partial charge in [0.1, 0.15) is 5.75 Å². The zero-order valence-electron chi connectivity index (χ0n) is 7.79. The van der Waals surface area contributed by atoms with Gasteiger partial charge in [0.15, 0.2) is 0 Å². The number of rotatable bonds is 6. The molecule has 0 spiro atoms. The molecule has 0 radical (unpaired) electrons. The summed E-state index contributed by atoms with van der Waals surface area (Å²) < 4.78 is 34.1. The van der Waals surface area contributed by atoms with Gasteiger partial charge in [0.2, 0.25) is 0 Å². The van der Waals surface area contributed by atoms with Gasteiger partial charge in [-0.1, -0.05) is 18.2 Å². The third-order valence-electron chi connectivity index (χ3n) is 1.33. The maximum atomic E-state index is 10.4. The van der Waals surface area contributed by atoms with E-state index >= 15 is 0 Å². The van der Waals surface area contributed by atoms with Crippen LogP contribution in [-0.2, 0) is 18.2 Å². The summed E-state index contributed by atoms with van der Waals surface area (Å²) in [4.78, 5) is 16.9. The highest BCUT2D eigenvalue weighted by atomic mass is 31.1. The van der Waals surface area contributed by atoms with Crippen molar-refractivity contribution in [2.75, 3.05) is 0 Å². The highest BCUT2D eigenvalue weighted by Gasteiger charge is 2.34. The molecule has 1 aromatic carbocycles. The van der Waals surface area contributed by atoms with E-state index in [1.165, 1.54) is 12.1 Å². The lowest BCUT2D eigenvalue weighted by Gasteiger charge is -2.06. The van der Waals surface area contributed by atoms with Crippen LogP contribution in [0.5, 0.6) is 5.75 Å². The Kier molecular flexibility index (Phi) is 5.42. The molecular weight excluding hydrogens is 258 g/mol. The summed E-state index contributed by atoms with van der Waals surface area (Å²) >= 11 is 0. The Labute approximate surface area is 92.5 Å². The van der Waals surface area contributed by atoms with Crippen LogP contribution >= 0.6 is 16.5 Å². The quantitative estimate of drug-likeness (QED) is 0.596. The molecule has 0 aliphatic carbocycles. The van der Waals surface area contributed by atoms with E-state index in [2.05, 4.69) is 9.05 Å². The van der Waals surface area contributed by atoms with E-state index in [4.69, 9.17) is 14.5 Å². The van der Waals surface area contributed by atoms with Crippen LogP contribution in [0.15, 0.2) is 30.3 Å². The minimum Gasteiger partial charge on any atom is -0.436 e. The van der Waals surface area contributed by atoms with Crippen LogP contribution in [0, 0.1) is 0 Å². The average molecular weight is 266 g/mol. The van der Waals surface area contributed by atoms with Crippen LogP contribution < -0.4 is 4.74 Å². The molecule has 2 N–H and O–H groups in total. The highest BCUT2D eigenvalue weighted by molar-refractivity contribution is 7.32. The first-order chi connectivity index (χ1) is 7.58. The first kappa shape index (κ1) is 13.1. The average Bonchev–Trinajstić information content (AvgIpc) is 2.16. The fourth-order valence-corrected chi connectivity index (χ4v) is 1.35. The molecule has 16 heavy (non-hydrogen) atoms. The normalized spacial score (nSPS) is 14.1. The number of hydrogen-bond donors (Lipinski definition) is 2. The standard InChI is InChI=1S/C7H6O7P2/c8-15(9)13-7(14-16(10)11)12-6-4-2-1-3-5-6/h1-5,7H/p+2. The van der Waals surface area contributed by atoms with E-state index in [0.717, 1.165) is 0 Å². The van der Waals surface area contributed by atoms with E-state index in [9.17, 15) is 9.13 Å². The molecule has 1 aromatic rings. The fourth-order valence-electron chi connectivity index (χ4n) is 0.820. The molecule has 0 aromatic heterocycles. The van der Waals surface area contributed by atoms with Crippen molar-refractivity contribution < 1.29 is 32.7 Å². The van der Waals surface area contributed by atoms with Crippen LogP contribution in [0.2, 0.25) is 0 Å². The smallest absolute Gasteiger partial charge is 0.436 e. The summed E-state index contributed by atoms with van der Waals surface area (Å²) in [5, 5.41) is 0. The molecule has 0 saturated heterocycles. The van der Waals surface area contributed by atoms with Crippen LogP contribution in [0.25, 0.3) is 0 Å². The lowest BCUT2D eigenvalue weighted by Crippen LogP contribution is -2.18. The van der Waals surface area contributed by atoms with E-state index in [-0.39, 0.29) is 5.75 Å². The minimum absolute atomic E-state index is 0.265. The maximum absolute atomic E-state index is 10.4. The van der Waals surface area contributed by atoms with E-state index in [1.54, 1.807) is 18.2 Å². The van der Waals surface area contributed by atoms with Crippen molar-refractivity contribution in [1.29, 1.82) is 0 Å². The molecule has 9 heteroatoms. The summed E-state index contributed by atoms with van der Waals surface area (Å²) in [6.07, 6.45) is 0. The second kappa shape index (κ2) is 6.60. The summed E-state index contributed by atoms with van der Waals surface area (Å²) in [5.74, 6) is 0.265. The largest absolute Gasteiger partial charge is 0.701 e. The Hall–Kier alpha value is -0.940. The Balaban J connectivity index is 2.63. The predicted octanol–water partition coefficient (Wildman–Crippen LogP) is 1.68. The monoisotopic (exact) mass is 266 g/mol. The van der Waals surface area contributed by atoms with Gasteiger partial charge >= 0.3 is 23.0 Å². The van der Waals surface area contributed by atoms with E-state index in [0.29, 0.717) is 0 Å². The minimum atomic E-state index is -3.01. The van der Waals surface area contributed by atoms with Crippen molar-refractivity contribution in [3.63, 3.8) is 0 Å². The highest BCUT2D eigenvalue weighted by Crippen LogP contribution is 2.27. The molecule has 0 aliphatic rings. The number of para-hydroxylation sites is 1. The zero-order valence-corrected chi connectivity index (χ0v) is 9.58. The van der Waals surface area contributed by atoms with E-state index in [1.807, 2.05) is 0 Å². The van der Waals surface area contributed by atoms with Gasteiger partial charge in [-0.3, -0.25) is 0 Å². The molecule has 0 amide bonds. The van der Waals surface area contributed by atoms with Crippen molar-refractivity contribution in [2.24, 2.45) is 0 Å². The van der Waals surface area contributed by atoms with Gasteiger partial charge in [0, 0.05) is 9.13 Å². The van der Waals surface area contributed by atoms with Crippen LogP contribution in [-0.4, -0.2) is 16.3 Å². The third kappa shape index (κ3) is 5.23. The molecule has 2 unspecified atom stereocenters. The second-order valence-electron chi connectivity index (χ2n) is 2.41. The number of ether oxygens (including phenoxy) is 1. The van der Waals surface area contributed by atoms with Crippen molar-refractivity contribution >= 4 is 16.5 Å². The van der Waals surface area contributed by atoms with Crippen LogP contribution in [0.4, 0.5) is 0 Å². The predicted molar refractivity (Wildman–Crippen MR) is 52.7 cm³/mol. The first-order valence-electron chi connectivity index (χ1n) is 3.95. The Bertz CT molecular complexity index is 352. The van der Waals surface area contributed by atoms with Gasteiger partial charge in [-0.15, -0.1) is 9.79 Å². The summed E-state index contributed by atoms with van der Waals surface area (Å²) in [7, 11) is -6.01. The molecule has 2 atom stereocenters. The molecule has 0 heterocycles. The van der Waals surface area contributed by atoms with Gasteiger partial charge in [-0.2, -0.15) is 0 Å². The summed E-state index contributed by atoms with van der Waals surface area (Å²) in [6, 6.07) is 8.06. The van der Waals surface area contributed by atoms with Gasteiger partial charge in [-0.25, -0.2) is 0 Å². The number of hydrogen-bond acceptors (Lipinski definition) is 5. The number of benzene rings is 1. The third-order valence-corrected chi connectivity index (χ3v) is 2.03. The maximum Gasteiger partial charge on any atom is 0.701 e. The Morgan fingerprint density at radius 3 is 1.94 bits per heavy atom. The van der Waals surface area contributed by atoms with Crippen molar-refractivity contribution in [2.45, 2.75) is 6.48 Å². The van der Waals surface area contributed by atoms with Crippen molar-refractivity contribution in [3.8, 4) is 5.75 Å². The molecule has 0 saturated carbocycles. The lowest BCUT2D eigenvalue weighted by atomic mass is 10.3. The molecule has 1 rings (SSSR count). The van der Waals surface area contributed by atoms with Gasteiger partial charge < -0.3 is 4.74 Å². The molecule has 0 aliphatic heterocycles. The Morgan fingerprint density at radius 1 is 1.00 bits per heavy atom. The van der Waals surface area contributed by atoms with Crippen LogP contribution in [0.1, 0.15) is 0 Å². The van der Waals surface area contributed by atoms with Gasteiger partial charge in [0.25, 0.3) is 0 Å². The summed E-state index contributed by atoms with van der Waals surface area (Å²) in [6.45, 7) is -1.72. The molecule has 0 fully saturated rings.